The quantitative estimate of drug-likeness (QED) is 0.346. The molecule has 6 nitrogen and oxygen atoms in total. The van der Waals surface area contributed by atoms with Gasteiger partial charge in [0.25, 0.3) is 5.69 Å². The van der Waals surface area contributed by atoms with E-state index in [2.05, 4.69) is 6.07 Å². The number of hydrogen-bond donors (Lipinski definition) is 0. The van der Waals surface area contributed by atoms with Gasteiger partial charge < -0.3 is 9.47 Å². The molecule has 24 heavy (non-hydrogen) atoms. The second kappa shape index (κ2) is 7.79. The molecule has 0 aliphatic heterocycles. The molecular weight excluding hydrogens is 308 g/mol. The number of methoxy groups -OCH3 is 1. The number of rotatable bonds is 6. The Labute approximate surface area is 139 Å². The molecule has 0 radical (unpaired) electrons. The van der Waals surface area contributed by atoms with E-state index in [1.54, 1.807) is 37.5 Å². The molecule has 0 saturated carbocycles. The number of nitro benzene ring substituents is 1. The number of nitriles is 1. The highest BCUT2D eigenvalue weighted by molar-refractivity contribution is 5.91. The largest absolute Gasteiger partial charge is 0.493 e. The molecule has 2 aromatic rings. The maximum Gasteiger partial charge on any atom is 0.269 e. The monoisotopic (exact) mass is 324 g/mol. The van der Waals surface area contributed by atoms with E-state index in [1.165, 1.54) is 12.1 Å². The van der Waals surface area contributed by atoms with Crippen LogP contribution >= 0.6 is 0 Å². The van der Waals surface area contributed by atoms with Gasteiger partial charge in [0.05, 0.1) is 30.3 Å². The van der Waals surface area contributed by atoms with Crippen molar-refractivity contribution in [2.75, 3.05) is 13.7 Å². The summed E-state index contributed by atoms with van der Waals surface area (Å²) in [6.45, 7) is 2.32. The average Bonchev–Trinajstić information content (AvgIpc) is 2.61. The predicted molar refractivity (Wildman–Crippen MR) is 90.7 cm³/mol. The molecule has 2 rings (SSSR count). The van der Waals surface area contributed by atoms with Crippen molar-refractivity contribution in [1.82, 2.24) is 0 Å². The van der Waals surface area contributed by atoms with Gasteiger partial charge in [-0.25, -0.2) is 0 Å². The zero-order valence-electron chi connectivity index (χ0n) is 13.4. The fraction of sp³-hybridized carbons (Fsp3) is 0.167. The fourth-order valence-electron chi connectivity index (χ4n) is 2.20. The van der Waals surface area contributed by atoms with E-state index in [4.69, 9.17) is 9.47 Å². The summed E-state index contributed by atoms with van der Waals surface area (Å²) >= 11 is 0. The zero-order valence-corrected chi connectivity index (χ0v) is 13.4. The van der Waals surface area contributed by atoms with Gasteiger partial charge in [-0.1, -0.05) is 12.1 Å². The summed E-state index contributed by atoms with van der Waals surface area (Å²) in [6.07, 6.45) is 1.68. The van der Waals surface area contributed by atoms with Crippen LogP contribution in [0.2, 0.25) is 0 Å². The molecule has 122 valence electrons. The zero-order chi connectivity index (χ0) is 17.5. The van der Waals surface area contributed by atoms with Crippen LogP contribution < -0.4 is 9.47 Å². The van der Waals surface area contributed by atoms with Gasteiger partial charge in [-0.2, -0.15) is 5.26 Å². The molecule has 6 heteroatoms. The van der Waals surface area contributed by atoms with Crippen molar-refractivity contribution < 1.29 is 14.4 Å². The molecule has 0 spiro atoms. The Hall–Kier alpha value is -3.33. The number of benzene rings is 2. The lowest BCUT2D eigenvalue weighted by Gasteiger charge is -2.12. The summed E-state index contributed by atoms with van der Waals surface area (Å²) in [6, 6.07) is 13.4. The van der Waals surface area contributed by atoms with Crippen molar-refractivity contribution in [3.8, 4) is 17.6 Å². The first kappa shape index (κ1) is 17.0. The van der Waals surface area contributed by atoms with Crippen molar-refractivity contribution in [2.24, 2.45) is 0 Å². The Bertz CT molecular complexity index is 805. The molecule has 0 aliphatic rings. The van der Waals surface area contributed by atoms with Gasteiger partial charge in [-0.05, 0) is 36.8 Å². The summed E-state index contributed by atoms with van der Waals surface area (Å²) in [5.74, 6) is 1.13. The van der Waals surface area contributed by atoms with Gasteiger partial charge in [-0.3, -0.25) is 10.1 Å². The molecule has 0 bridgehead atoms. The summed E-state index contributed by atoms with van der Waals surface area (Å²) in [4.78, 5) is 10.2. The van der Waals surface area contributed by atoms with Crippen LogP contribution in [0.1, 0.15) is 18.1 Å². The van der Waals surface area contributed by atoms with Crippen molar-refractivity contribution in [3.05, 3.63) is 63.7 Å². The molecule has 0 aliphatic carbocycles. The molecular formula is C18H16N2O4. The fourth-order valence-corrected chi connectivity index (χ4v) is 2.20. The molecule has 0 N–H and O–H groups in total. The predicted octanol–water partition coefficient (Wildman–Crippen LogP) is 4.07. The van der Waals surface area contributed by atoms with E-state index in [9.17, 15) is 15.4 Å². The van der Waals surface area contributed by atoms with Gasteiger partial charge in [0.2, 0.25) is 0 Å². The molecule has 0 atom stereocenters. The minimum absolute atomic E-state index is 0.0209. The number of hydrogen-bond acceptors (Lipinski definition) is 5. The first-order valence-corrected chi connectivity index (χ1v) is 7.27. The van der Waals surface area contributed by atoms with Gasteiger partial charge in [-0.15, -0.1) is 0 Å². The Morgan fingerprint density at radius 1 is 1.29 bits per heavy atom. The van der Waals surface area contributed by atoms with E-state index in [0.717, 1.165) is 0 Å². The van der Waals surface area contributed by atoms with Crippen molar-refractivity contribution in [3.63, 3.8) is 0 Å². The summed E-state index contributed by atoms with van der Waals surface area (Å²) in [5.41, 5.74) is 1.64. The van der Waals surface area contributed by atoms with E-state index < -0.39 is 4.92 Å². The van der Waals surface area contributed by atoms with Crippen LogP contribution in [-0.4, -0.2) is 18.6 Å². The van der Waals surface area contributed by atoms with Crippen molar-refractivity contribution >= 4 is 17.3 Å². The van der Waals surface area contributed by atoms with Gasteiger partial charge in [0.15, 0.2) is 11.5 Å². The van der Waals surface area contributed by atoms with Crippen molar-refractivity contribution in [2.45, 2.75) is 6.92 Å². The van der Waals surface area contributed by atoms with Crippen LogP contribution in [0.5, 0.6) is 11.5 Å². The molecule has 0 saturated heterocycles. The summed E-state index contributed by atoms with van der Waals surface area (Å²) in [7, 11) is 1.55. The third kappa shape index (κ3) is 3.70. The van der Waals surface area contributed by atoms with Crippen molar-refractivity contribution in [1.29, 1.82) is 5.26 Å². The molecule has 0 heterocycles. The Morgan fingerprint density at radius 2 is 2.00 bits per heavy atom. The lowest BCUT2D eigenvalue weighted by atomic mass is 10.0. The molecule has 2 aromatic carbocycles. The lowest BCUT2D eigenvalue weighted by molar-refractivity contribution is -0.384. The molecule has 0 aromatic heterocycles. The molecule has 0 unspecified atom stereocenters. The Balaban J connectivity index is 2.47. The number of nitrogens with zero attached hydrogens (tertiary/aromatic N) is 2. The highest BCUT2D eigenvalue weighted by Crippen LogP contribution is 2.33. The van der Waals surface area contributed by atoms with Crippen LogP contribution in [0, 0.1) is 21.4 Å². The standard InChI is InChI=1S/C18H16N2O4/c1-3-24-18-14(5-4-6-17(18)23-2)11-15(12-19)13-7-9-16(10-8-13)20(21)22/h4-11H,3H2,1-2H3. The number of nitro groups is 1. The van der Waals surface area contributed by atoms with Crippen LogP contribution in [0.3, 0.4) is 0 Å². The summed E-state index contributed by atoms with van der Waals surface area (Å²) in [5, 5.41) is 20.2. The summed E-state index contributed by atoms with van der Waals surface area (Å²) < 4.78 is 10.9. The SMILES string of the molecule is CCOc1c(C=C(C#N)c2ccc([N+](=O)[O-])cc2)cccc1OC. The van der Waals surface area contributed by atoms with E-state index in [0.29, 0.717) is 34.8 Å². The Morgan fingerprint density at radius 3 is 2.54 bits per heavy atom. The smallest absolute Gasteiger partial charge is 0.269 e. The van der Waals surface area contributed by atoms with Crippen LogP contribution in [-0.2, 0) is 0 Å². The maximum absolute atomic E-state index is 10.7. The lowest BCUT2D eigenvalue weighted by Crippen LogP contribution is -1.97. The maximum atomic E-state index is 10.7. The second-order valence-electron chi connectivity index (χ2n) is 4.79. The molecule has 0 fully saturated rings. The number of ether oxygens (including phenoxy) is 2. The molecule has 0 amide bonds. The van der Waals surface area contributed by atoms with Gasteiger partial charge in [0.1, 0.15) is 0 Å². The van der Waals surface area contributed by atoms with Gasteiger partial charge >= 0.3 is 0 Å². The highest BCUT2D eigenvalue weighted by atomic mass is 16.6. The second-order valence-corrected chi connectivity index (χ2v) is 4.79. The first-order valence-electron chi connectivity index (χ1n) is 7.27. The number of non-ortho nitro benzene ring substituents is 1. The number of allylic oxidation sites excluding steroid dienone is 1. The Kier molecular flexibility index (Phi) is 5.53. The highest BCUT2D eigenvalue weighted by Gasteiger charge is 2.11. The normalized spacial score (nSPS) is 10.8. The van der Waals surface area contributed by atoms with Gasteiger partial charge in [0, 0.05) is 17.7 Å². The van der Waals surface area contributed by atoms with E-state index in [1.807, 2.05) is 13.0 Å². The minimum atomic E-state index is -0.477. The van der Waals surface area contributed by atoms with Crippen LogP contribution in [0.4, 0.5) is 5.69 Å². The minimum Gasteiger partial charge on any atom is -0.493 e. The van der Waals surface area contributed by atoms with E-state index >= 15 is 0 Å². The third-order valence-corrected chi connectivity index (χ3v) is 3.33. The van der Waals surface area contributed by atoms with Crippen LogP contribution in [0.15, 0.2) is 42.5 Å². The van der Waals surface area contributed by atoms with E-state index in [-0.39, 0.29) is 5.69 Å². The topological polar surface area (TPSA) is 85.4 Å². The average molecular weight is 324 g/mol. The third-order valence-electron chi connectivity index (χ3n) is 3.33. The first-order chi connectivity index (χ1) is 11.6. The van der Waals surface area contributed by atoms with Crippen LogP contribution in [0.25, 0.3) is 11.6 Å². The number of para-hydroxylation sites is 1.